The van der Waals surface area contributed by atoms with Crippen LogP contribution < -0.4 is 9.64 Å². The number of hydrogen-bond donors (Lipinski definition) is 0. The van der Waals surface area contributed by atoms with Gasteiger partial charge in [-0.3, -0.25) is 4.79 Å². The molecular weight excluding hydrogens is 242 g/mol. The lowest BCUT2D eigenvalue weighted by atomic mass is 10.1. The first kappa shape index (κ1) is 12.2. The van der Waals surface area contributed by atoms with Gasteiger partial charge in [0, 0.05) is 36.0 Å². The molecule has 0 radical (unpaired) electrons. The van der Waals surface area contributed by atoms with Gasteiger partial charge in [0.2, 0.25) is 6.29 Å². The minimum absolute atomic E-state index is 0.193. The quantitative estimate of drug-likeness (QED) is 0.614. The Balaban J connectivity index is 1.98. The molecule has 0 saturated carbocycles. The zero-order valence-electron chi connectivity index (χ0n) is 11.1. The maximum atomic E-state index is 11.0. The van der Waals surface area contributed by atoms with Crippen molar-refractivity contribution >= 4 is 18.0 Å². The molecule has 1 saturated heterocycles. The molecule has 3 rings (SSSR count). The van der Waals surface area contributed by atoms with E-state index in [1.54, 1.807) is 0 Å². The zero-order chi connectivity index (χ0) is 13.4. The average molecular weight is 259 g/mol. The van der Waals surface area contributed by atoms with E-state index in [4.69, 9.17) is 9.47 Å². The molecule has 1 aromatic carbocycles. The Kier molecular flexibility index (Phi) is 3.03. The molecule has 19 heavy (non-hydrogen) atoms. The van der Waals surface area contributed by atoms with Crippen LogP contribution in [0, 0.1) is 0 Å². The Labute approximate surface area is 112 Å². The molecule has 4 heteroatoms. The first-order valence-electron chi connectivity index (χ1n) is 6.64. The van der Waals surface area contributed by atoms with Crippen molar-refractivity contribution in [2.24, 2.45) is 0 Å². The molecule has 1 fully saturated rings. The number of carbonyl (C=O) groups excluding carboxylic acids is 1. The maximum absolute atomic E-state index is 11.0. The molecule has 0 amide bonds. The summed E-state index contributed by atoms with van der Waals surface area (Å²) in [7, 11) is 0. The number of aldehydes is 1. The van der Waals surface area contributed by atoms with E-state index in [1.165, 1.54) is 0 Å². The van der Waals surface area contributed by atoms with Crippen LogP contribution >= 0.6 is 0 Å². The van der Waals surface area contributed by atoms with Gasteiger partial charge in [-0.1, -0.05) is 0 Å². The van der Waals surface area contributed by atoms with E-state index < -0.39 is 0 Å². The van der Waals surface area contributed by atoms with Crippen molar-refractivity contribution in [3.05, 3.63) is 29.3 Å². The molecule has 0 N–H and O–H groups in total. The number of nitrogens with zero attached hydrogens (tertiary/aromatic N) is 1. The number of anilines is 1. The van der Waals surface area contributed by atoms with Crippen molar-refractivity contribution in [3.63, 3.8) is 0 Å². The molecule has 0 spiro atoms. The predicted molar refractivity (Wildman–Crippen MR) is 73.3 cm³/mol. The van der Waals surface area contributed by atoms with Crippen LogP contribution in [0.1, 0.15) is 19.4 Å². The zero-order valence-corrected chi connectivity index (χ0v) is 11.1. The first-order chi connectivity index (χ1) is 9.26. The van der Waals surface area contributed by atoms with Crippen molar-refractivity contribution in [3.8, 4) is 5.75 Å². The van der Waals surface area contributed by atoms with Gasteiger partial charge in [-0.25, -0.2) is 0 Å². The molecule has 100 valence electrons. The number of carbonyl (C=O) groups is 1. The molecular formula is C15H17NO3. The van der Waals surface area contributed by atoms with Gasteiger partial charge in [0.25, 0.3) is 0 Å². The van der Waals surface area contributed by atoms with Gasteiger partial charge in [-0.2, -0.15) is 0 Å². The standard InChI is InChI=1S/C15H17NO3/c1-3-16(4-2)12-6-5-10-7-11(9-17)14-15(19-14)18-13(10)8-12/h5-9,14-15H,3-4H2,1-2H3. The Morgan fingerprint density at radius 2 is 2.11 bits per heavy atom. The van der Waals surface area contributed by atoms with Crippen LogP contribution in [0.25, 0.3) is 6.08 Å². The fourth-order valence-corrected chi connectivity index (χ4v) is 2.44. The number of epoxide rings is 1. The molecule has 2 atom stereocenters. The van der Waals surface area contributed by atoms with Gasteiger partial charge >= 0.3 is 0 Å². The van der Waals surface area contributed by atoms with E-state index >= 15 is 0 Å². The second-order valence-corrected chi connectivity index (χ2v) is 4.70. The van der Waals surface area contributed by atoms with E-state index in [1.807, 2.05) is 18.2 Å². The highest BCUT2D eigenvalue weighted by Gasteiger charge is 2.46. The van der Waals surface area contributed by atoms with Crippen LogP contribution in [0.2, 0.25) is 0 Å². The van der Waals surface area contributed by atoms with Gasteiger partial charge in [-0.15, -0.1) is 0 Å². The van der Waals surface area contributed by atoms with Crippen LogP contribution in [0.15, 0.2) is 23.8 Å². The summed E-state index contributed by atoms with van der Waals surface area (Å²) in [6, 6.07) is 6.08. The minimum Gasteiger partial charge on any atom is -0.461 e. The lowest BCUT2D eigenvalue weighted by Gasteiger charge is -2.22. The molecule has 0 aliphatic carbocycles. The minimum atomic E-state index is -0.301. The lowest BCUT2D eigenvalue weighted by Crippen LogP contribution is -2.21. The van der Waals surface area contributed by atoms with Crippen LogP contribution in [0.3, 0.4) is 0 Å². The van der Waals surface area contributed by atoms with Crippen LogP contribution in [0.5, 0.6) is 5.75 Å². The van der Waals surface area contributed by atoms with Crippen molar-refractivity contribution in [1.29, 1.82) is 0 Å². The Morgan fingerprint density at radius 1 is 1.32 bits per heavy atom. The highest BCUT2D eigenvalue weighted by molar-refractivity contribution is 5.86. The second-order valence-electron chi connectivity index (χ2n) is 4.70. The summed E-state index contributed by atoms with van der Waals surface area (Å²) in [6.07, 6.45) is 2.21. The third kappa shape index (κ3) is 2.12. The molecule has 1 aromatic rings. The molecule has 0 aromatic heterocycles. The number of hydrogen-bond acceptors (Lipinski definition) is 4. The van der Waals surface area contributed by atoms with Gasteiger partial charge in [0.05, 0.1) is 0 Å². The van der Waals surface area contributed by atoms with Gasteiger partial charge < -0.3 is 14.4 Å². The topological polar surface area (TPSA) is 42.1 Å². The molecule has 2 aliphatic heterocycles. The van der Waals surface area contributed by atoms with Crippen molar-refractivity contribution in [1.82, 2.24) is 0 Å². The first-order valence-corrected chi connectivity index (χ1v) is 6.64. The highest BCUT2D eigenvalue weighted by Crippen LogP contribution is 2.39. The molecule has 4 nitrogen and oxygen atoms in total. The fourth-order valence-electron chi connectivity index (χ4n) is 2.44. The van der Waals surface area contributed by atoms with E-state index in [0.29, 0.717) is 5.57 Å². The number of ether oxygens (including phenoxy) is 2. The number of rotatable bonds is 4. The van der Waals surface area contributed by atoms with E-state index in [0.717, 1.165) is 36.4 Å². The molecule has 2 heterocycles. The monoisotopic (exact) mass is 259 g/mol. The van der Waals surface area contributed by atoms with Gasteiger partial charge in [0.15, 0.2) is 6.10 Å². The molecule has 2 unspecified atom stereocenters. The average Bonchev–Trinajstić information content (AvgIpc) is 3.18. The Morgan fingerprint density at radius 3 is 2.79 bits per heavy atom. The fraction of sp³-hybridized carbons (Fsp3) is 0.400. The maximum Gasteiger partial charge on any atom is 0.231 e. The predicted octanol–water partition coefficient (Wildman–Crippen LogP) is 2.23. The summed E-state index contributed by atoms with van der Waals surface area (Å²) in [5.74, 6) is 0.786. The highest BCUT2D eigenvalue weighted by atomic mass is 16.8. The second kappa shape index (κ2) is 4.70. The Hall–Kier alpha value is -1.81. The van der Waals surface area contributed by atoms with Crippen LogP contribution in [0.4, 0.5) is 5.69 Å². The van der Waals surface area contributed by atoms with Crippen molar-refractivity contribution in [2.45, 2.75) is 26.2 Å². The van der Waals surface area contributed by atoms with E-state index in [-0.39, 0.29) is 12.4 Å². The van der Waals surface area contributed by atoms with E-state index in [9.17, 15) is 4.79 Å². The summed E-state index contributed by atoms with van der Waals surface area (Å²) in [4.78, 5) is 13.3. The normalized spacial score (nSPS) is 23.4. The third-order valence-electron chi connectivity index (χ3n) is 3.61. The summed E-state index contributed by atoms with van der Waals surface area (Å²) in [5.41, 5.74) is 2.72. The largest absolute Gasteiger partial charge is 0.461 e. The van der Waals surface area contributed by atoms with Crippen molar-refractivity contribution in [2.75, 3.05) is 18.0 Å². The summed E-state index contributed by atoms with van der Waals surface area (Å²) in [6.45, 7) is 6.15. The summed E-state index contributed by atoms with van der Waals surface area (Å²) < 4.78 is 11.1. The third-order valence-corrected chi connectivity index (χ3v) is 3.61. The smallest absolute Gasteiger partial charge is 0.231 e. The Bertz CT molecular complexity index is 534. The van der Waals surface area contributed by atoms with Crippen LogP contribution in [-0.4, -0.2) is 31.8 Å². The summed E-state index contributed by atoms with van der Waals surface area (Å²) >= 11 is 0. The molecule has 2 aliphatic rings. The van der Waals surface area contributed by atoms with Crippen LogP contribution in [-0.2, 0) is 9.53 Å². The van der Waals surface area contributed by atoms with Crippen molar-refractivity contribution < 1.29 is 14.3 Å². The summed E-state index contributed by atoms with van der Waals surface area (Å²) in [5, 5.41) is 0. The van der Waals surface area contributed by atoms with Gasteiger partial charge in [-0.05, 0) is 32.1 Å². The van der Waals surface area contributed by atoms with Gasteiger partial charge in [0.1, 0.15) is 12.0 Å². The number of fused-ring (bicyclic) bond motifs is 2. The molecule has 0 bridgehead atoms. The van der Waals surface area contributed by atoms with E-state index in [2.05, 4.69) is 24.8 Å². The SMILES string of the molecule is CCN(CC)c1ccc2c(c1)OC1OC1C(C=O)=C2. The lowest BCUT2D eigenvalue weighted by molar-refractivity contribution is -0.105. The number of benzene rings is 1.